The maximum Gasteiger partial charge on any atom is 0.244 e. The van der Waals surface area contributed by atoms with Gasteiger partial charge in [-0.15, -0.1) is 0 Å². The summed E-state index contributed by atoms with van der Waals surface area (Å²) in [5, 5.41) is 2.85. The molecule has 0 bridgehead atoms. The van der Waals surface area contributed by atoms with Gasteiger partial charge in [-0.1, -0.05) is 0 Å². The Kier molecular flexibility index (Phi) is 2.68. The SMILES string of the molecule is O=C1CN(C2CCOCC2)c2ncccc2N1. The van der Waals surface area contributed by atoms with Crippen LogP contribution in [0.25, 0.3) is 0 Å². The number of carbonyl (C=O) groups is 1. The molecule has 5 heteroatoms. The molecule has 90 valence electrons. The highest BCUT2D eigenvalue weighted by Gasteiger charge is 2.29. The number of hydrogen-bond acceptors (Lipinski definition) is 4. The summed E-state index contributed by atoms with van der Waals surface area (Å²) in [7, 11) is 0. The number of fused-ring (bicyclic) bond motifs is 1. The highest BCUT2D eigenvalue weighted by atomic mass is 16.5. The lowest BCUT2D eigenvalue weighted by molar-refractivity contribution is -0.115. The van der Waals surface area contributed by atoms with Crippen LogP contribution in [0.4, 0.5) is 11.5 Å². The lowest BCUT2D eigenvalue weighted by atomic mass is 10.1. The van der Waals surface area contributed by atoms with Crippen LogP contribution in [0, 0.1) is 0 Å². The molecule has 5 nitrogen and oxygen atoms in total. The van der Waals surface area contributed by atoms with Crippen molar-refractivity contribution in [3.05, 3.63) is 18.3 Å². The second kappa shape index (κ2) is 4.33. The van der Waals surface area contributed by atoms with E-state index < -0.39 is 0 Å². The van der Waals surface area contributed by atoms with Crippen LogP contribution >= 0.6 is 0 Å². The Balaban J connectivity index is 1.91. The zero-order valence-electron chi connectivity index (χ0n) is 9.56. The first-order valence-corrected chi connectivity index (χ1v) is 5.94. The van der Waals surface area contributed by atoms with Crippen LogP contribution < -0.4 is 10.2 Å². The van der Waals surface area contributed by atoms with Gasteiger partial charge in [-0.25, -0.2) is 4.98 Å². The monoisotopic (exact) mass is 233 g/mol. The van der Waals surface area contributed by atoms with Gasteiger partial charge in [-0.05, 0) is 25.0 Å². The molecule has 1 aromatic rings. The van der Waals surface area contributed by atoms with Crippen LogP contribution in [0.2, 0.25) is 0 Å². The minimum atomic E-state index is 0.0389. The number of hydrogen-bond donors (Lipinski definition) is 1. The molecule has 1 saturated heterocycles. The Hall–Kier alpha value is -1.62. The maximum absolute atomic E-state index is 11.7. The number of carbonyl (C=O) groups excluding carboxylic acids is 1. The molecule has 17 heavy (non-hydrogen) atoms. The lowest BCUT2D eigenvalue weighted by Crippen LogP contribution is -2.47. The Morgan fingerprint density at radius 3 is 3.06 bits per heavy atom. The molecule has 0 spiro atoms. The number of ether oxygens (including phenoxy) is 1. The fourth-order valence-corrected chi connectivity index (χ4v) is 2.44. The van der Waals surface area contributed by atoms with E-state index in [1.807, 2.05) is 12.1 Å². The number of anilines is 2. The van der Waals surface area contributed by atoms with Gasteiger partial charge in [-0.3, -0.25) is 4.79 Å². The molecule has 1 amide bonds. The molecule has 2 aliphatic heterocycles. The van der Waals surface area contributed by atoms with E-state index in [9.17, 15) is 4.79 Å². The van der Waals surface area contributed by atoms with Crippen LogP contribution in [0.3, 0.4) is 0 Å². The van der Waals surface area contributed by atoms with Gasteiger partial charge in [0.1, 0.15) is 0 Å². The molecular weight excluding hydrogens is 218 g/mol. The third kappa shape index (κ3) is 1.98. The number of rotatable bonds is 1. The van der Waals surface area contributed by atoms with Gasteiger partial charge in [0.15, 0.2) is 5.82 Å². The predicted molar refractivity (Wildman–Crippen MR) is 64.1 cm³/mol. The zero-order valence-corrected chi connectivity index (χ0v) is 9.56. The van der Waals surface area contributed by atoms with Crippen molar-refractivity contribution in [3.63, 3.8) is 0 Å². The quantitative estimate of drug-likeness (QED) is 0.786. The van der Waals surface area contributed by atoms with E-state index >= 15 is 0 Å². The summed E-state index contributed by atoms with van der Waals surface area (Å²) in [5.74, 6) is 0.927. The fourth-order valence-electron chi connectivity index (χ4n) is 2.44. The van der Waals surface area contributed by atoms with E-state index in [0.29, 0.717) is 12.6 Å². The first kappa shape index (κ1) is 10.5. The van der Waals surface area contributed by atoms with Crippen molar-refractivity contribution in [1.29, 1.82) is 0 Å². The van der Waals surface area contributed by atoms with Gasteiger partial charge in [0, 0.05) is 25.5 Å². The summed E-state index contributed by atoms with van der Waals surface area (Å²) in [6.07, 6.45) is 3.69. The van der Waals surface area contributed by atoms with Crippen LogP contribution in [0.1, 0.15) is 12.8 Å². The number of amides is 1. The van der Waals surface area contributed by atoms with E-state index in [-0.39, 0.29) is 5.91 Å². The predicted octanol–water partition coefficient (Wildman–Crippen LogP) is 1.02. The molecule has 2 aliphatic rings. The molecule has 1 N–H and O–H groups in total. The van der Waals surface area contributed by atoms with Gasteiger partial charge in [-0.2, -0.15) is 0 Å². The topological polar surface area (TPSA) is 54.5 Å². The van der Waals surface area contributed by atoms with Crippen molar-refractivity contribution in [2.45, 2.75) is 18.9 Å². The van der Waals surface area contributed by atoms with Crippen LogP contribution in [-0.2, 0) is 9.53 Å². The van der Waals surface area contributed by atoms with E-state index in [4.69, 9.17) is 4.74 Å². The molecule has 0 aromatic carbocycles. The van der Waals surface area contributed by atoms with E-state index in [1.165, 1.54) is 0 Å². The van der Waals surface area contributed by atoms with Crippen molar-refractivity contribution in [3.8, 4) is 0 Å². The number of pyridine rings is 1. The lowest BCUT2D eigenvalue weighted by Gasteiger charge is -2.37. The van der Waals surface area contributed by atoms with Gasteiger partial charge in [0.25, 0.3) is 0 Å². The number of nitrogens with zero attached hydrogens (tertiary/aromatic N) is 2. The van der Waals surface area contributed by atoms with E-state index in [0.717, 1.165) is 37.6 Å². The summed E-state index contributed by atoms with van der Waals surface area (Å²) in [6, 6.07) is 4.10. The molecule has 0 unspecified atom stereocenters. The van der Waals surface area contributed by atoms with Gasteiger partial charge in [0.2, 0.25) is 5.91 Å². The van der Waals surface area contributed by atoms with Crippen LogP contribution in [0.5, 0.6) is 0 Å². The largest absolute Gasteiger partial charge is 0.381 e. The molecule has 3 heterocycles. The smallest absolute Gasteiger partial charge is 0.244 e. The molecular formula is C12H15N3O2. The van der Waals surface area contributed by atoms with Crippen LogP contribution in [0.15, 0.2) is 18.3 Å². The molecule has 1 aromatic heterocycles. The third-order valence-corrected chi connectivity index (χ3v) is 3.28. The normalized spacial score (nSPS) is 20.9. The second-order valence-corrected chi connectivity index (χ2v) is 4.39. The van der Waals surface area contributed by atoms with E-state index in [2.05, 4.69) is 15.2 Å². The summed E-state index contributed by atoms with van der Waals surface area (Å²) >= 11 is 0. The minimum absolute atomic E-state index is 0.0389. The molecule has 3 rings (SSSR count). The summed E-state index contributed by atoms with van der Waals surface area (Å²) in [6.45, 7) is 1.94. The average Bonchev–Trinajstić information content (AvgIpc) is 2.39. The van der Waals surface area contributed by atoms with Crippen LogP contribution in [-0.4, -0.2) is 36.7 Å². The van der Waals surface area contributed by atoms with Gasteiger partial charge >= 0.3 is 0 Å². The number of nitrogens with one attached hydrogen (secondary N) is 1. The third-order valence-electron chi connectivity index (χ3n) is 3.28. The van der Waals surface area contributed by atoms with Crippen molar-refractivity contribution in [2.24, 2.45) is 0 Å². The fraction of sp³-hybridized carbons (Fsp3) is 0.500. The molecule has 0 aliphatic carbocycles. The molecule has 0 saturated carbocycles. The molecule has 1 fully saturated rings. The number of aromatic nitrogens is 1. The van der Waals surface area contributed by atoms with Gasteiger partial charge < -0.3 is 15.0 Å². The Morgan fingerprint density at radius 2 is 2.24 bits per heavy atom. The first-order chi connectivity index (χ1) is 8.34. The molecule has 0 radical (unpaired) electrons. The molecule has 0 atom stereocenters. The van der Waals surface area contributed by atoms with Crippen molar-refractivity contribution in [1.82, 2.24) is 4.98 Å². The summed E-state index contributed by atoms with van der Waals surface area (Å²) in [4.78, 5) is 18.2. The first-order valence-electron chi connectivity index (χ1n) is 5.94. The Labute approximate surface area is 99.8 Å². The zero-order chi connectivity index (χ0) is 11.7. The van der Waals surface area contributed by atoms with Crippen molar-refractivity contribution >= 4 is 17.4 Å². The Morgan fingerprint density at radius 1 is 1.41 bits per heavy atom. The second-order valence-electron chi connectivity index (χ2n) is 4.39. The summed E-state index contributed by atoms with van der Waals surface area (Å²) < 4.78 is 5.36. The highest BCUT2D eigenvalue weighted by Crippen LogP contribution is 2.30. The standard InChI is InChI=1S/C12H15N3O2/c16-11-8-15(9-3-6-17-7-4-9)12-10(14-11)2-1-5-13-12/h1-2,5,9H,3-4,6-8H2,(H,14,16). The minimum Gasteiger partial charge on any atom is -0.381 e. The van der Waals surface area contributed by atoms with Crippen molar-refractivity contribution < 1.29 is 9.53 Å². The maximum atomic E-state index is 11.7. The summed E-state index contributed by atoms with van der Waals surface area (Å²) in [5.41, 5.74) is 0.815. The van der Waals surface area contributed by atoms with Gasteiger partial charge in [0.05, 0.1) is 12.2 Å². The van der Waals surface area contributed by atoms with E-state index in [1.54, 1.807) is 6.20 Å². The highest BCUT2D eigenvalue weighted by molar-refractivity contribution is 6.00. The average molecular weight is 233 g/mol. The Bertz CT molecular complexity index is 430. The van der Waals surface area contributed by atoms with Crippen molar-refractivity contribution in [2.75, 3.05) is 30.0 Å².